The SMILES string of the molecule is O=C(N[C@@H](c1ccccc1)c1cccs1)c1cc(Cl)c[nH]1. The molecule has 2 heterocycles. The molecular formula is C16H13ClN2OS. The zero-order valence-electron chi connectivity index (χ0n) is 11.0. The van der Waals surface area contributed by atoms with Gasteiger partial charge in [-0.15, -0.1) is 11.3 Å². The molecule has 0 aliphatic carbocycles. The summed E-state index contributed by atoms with van der Waals surface area (Å²) in [5.74, 6) is -0.177. The molecule has 3 aromatic rings. The van der Waals surface area contributed by atoms with Crippen molar-refractivity contribution < 1.29 is 4.79 Å². The number of halogens is 1. The van der Waals surface area contributed by atoms with Gasteiger partial charge in [0, 0.05) is 11.1 Å². The number of aromatic nitrogens is 1. The molecule has 2 aromatic heterocycles. The summed E-state index contributed by atoms with van der Waals surface area (Å²) >= 11 is 7.47. The van der Waals surface area contributed by atoms with Crippen LogP contribution in [0.1, 0.15) is 27.0 Å². The number of aromatic amines is 1. The standard InChI is InChI=1S/C16H13ClN2OS/c17-12-9-13(18-10-12)16(20)19-15(14-7-4-8-21-14)11-5-2-1-3-6-11/h1-10,15,18H,(H,19,20)/t15-/m0/s1. The Labute approximate surface area is 131 Å². The molecule has 1 atom stereocenters. The van der Waals surface area contributed by atoms with Gasteiger partial charge in [-0.05, 0) is 23.1 Å². The van der Waals surface area contributed by atoms with Crippen molar-refractivity contribution >= 4 is 28.8 Å². The van der Waals surface area contributed by atoms with E-state index in [1.54, 1.807) is 23.6 Å². The Kier molecular flexibility index (Phi) is 4.08. The van der Waals surface area contributed by atoms with Gasteiger partial charge in [0.15, 0.2) is 0 Å². The van der Waals surface area contributed by atoms with Crippen LogP contribution in [0, 0.1) is 0 Å². The summed E-state index contributed by atoms with van der Waals surface area (Å²) < 4.78 is 0. The fourth-order valence-electron chi connectivity index (χ4n) is 2.13. The third-order valence-corrected chi connectivity index (χ3v) is 4.28. The molecule has 0 spiro atoms. The number of thiophene rings is 1. The van der Waals surface area contributed by atoms with Gasteiger partial charge in [0.2, 0.25) is 0 Å². The van der Waals surface area contributed by atoms with Crippen molar-refractivity contribution in [1.82, 2.24) is 10.3 Å². The first kappa shape index (κ1) is 13.9. The summed E-state index contributed by atoms with van der Waals surface area (Å²) in [4.78, 5) is 16.3. The Bertz CT molecular complexity index is 722. The molecule has 0 saturated carbocycles. The van der Waals surface area contributed by atoms with E-state index in [0.717, 1.165) is 10.4 Å². The van der Waals surface area contributed by atoms with Gasteiger partial charge >= 0.3 is 0 Å². The van der Waals surface area contributed by atoms with E-state index >= 15 is 0 Å². The molecule has 0 fully saturated rings. The predicted octanol–water partition coefficient (Wildman–Crippen LogP) is 4.25. The van der Waals surface area contributed by atoms with E-state index in [0.29, 0.717) is 10.7 Å². The zero-order valence-corrected chi connectivity index (χ0v) is 12.6. The smallest absolute Gasteiger partial charge is 0.268 e. The first-order chi connectivity index (χ1) is 10.2. The molecule has 0 unspecified atom stereocenters. The normalized spacial score (nSPS) is 12.0. The summed E-state index contributed by atoms with van der Waals surface area (Å²) in [6.07, 6.45) is 1.60. The number of hydrogen-bond acceptors (Lipinski definition) is 2. The second-order valence-corrected chi connectivity index (χ2v) is 5.98. The van der Waals surface area contributed by atoms with E-state index in [4.69, 9.17) is 11.6 Å². The second kappa shape index (κ2) is 6.16. The molecule has 106 valence electrons. The lowest BCUT2D eigenvalue weighted by Crippen LogP contribution is -2.29. The topological polar surface area (TPSA) is 44.9 Å². The van der Waals surface area contributed by atoms with Crippen molar-refractivity contribution in [2.24, 2.45) is 0 Å². The largest absolute Gasteiger partial charge is 0.356 e. The predicted molar refractivity (Wildman–Crippen MR) is 85.9 cm³/mol. The maximum atomic E-state index is 12.3. The molecule has 1 amide bonds. The first-order valence-corrected chi connectivity index (χ1v) is 7.73. The molecule has 2 N–H and O–H groups in total. The van der Waals surface area contributed by atoms with E-state index in [-0.39, 0.29) is 11.9 Å². The molecular weight excluding hydrogens is 304 g/mol. The van der Waals surface area contributed by atoms with E-state index in [1.807, 2.05) is 47.8 Å². The maximum absolute atomic E-state index is 12.3. The van der Waals surface area contributed by atoms with Gasteiger partial charge in [0.1, 0.15) is 5.69 Å². The van der Waals surface area contributed by atoms with Crippen LogP contribution in [0.15, 0.2) is 60.1 Å². The average molecular weight is 317 g/mol. The summed E-state index contributed by atoms with van der Waals surface area (Å²) in [7, 11) is 0. The second-order valence-electron chi connectivity index (χ2n) is 4.56. The minimum atomic E-state index is -0.177. The quantitative estimate of drug-likeness (QED) is 0.742. The van der Waals surface area contributed by atoms with Crippen LogP contribution in [0.3, 0.4) is 0 Å². The number of nitrogens with one attached hydrogen (secondary N) is 2. The molecule has 1 aromatic carbocycles. The number of benzene rings is 1. The molecule has 0 radical (unpaired) electrons. The summed E-state index contributed by atoms with van der Waals surface area (Å²) in [5, 5.41) is 5.57. The Morgan fingerprint density at radius 3 is 2.62 bits per heavy atom. The molecule has 0 bridgehead atoms. The van der Waals surface area contributed by atoms with E-state index in [1.165, 1.54) is 0 Å². The van der Waals surface area contributed by atoms with Crippen molar-refractivity contribution in [2.75, 3.05) is 0 Å². The third-order valence-electron chi connectivity index (χ3n) is 3.13. The highest BCUT2D eigenvalue weighted by Crippen LogP contribution is 2.26. The zero-order chi connectivity index (χ0) is 14.7. The number of rotatable bonds is 4. The lowest BCUT2D eigenvalue weighted by Gasteiger charge is -2.17. The monoisotopic (exact) mass is 316 g/mol. The van der Waals surface area contributed by atoms with Gasteiger partial charge in [-0.1, -0.05) is 48.0 Å². The first-order valence-electron chi connectivity index (χ1n) is 6.47. The molecule has 21 heavy (non-hydrogen) atoms. The van der Waals surface area contributed by atoms with E-state index in [9.17, 15) is 4.79 Å². The van der Waals surface area contributed by atoms with Crippen LogP contribution in [0.25, 0.3) is 0 Å². The molecule has 3 rings (SSSR count). The maximum Gasteiger partial charge on any atom is 0.268 e. The lowest BCUT2D eigenvalue weighted by atomic mass is 10.1. The van der Waals surface area contributed by atoms with Crippen LogP contribution in [0.5, 0.6) is 0 Å². The van der Waals surface area contributed by atoms with Crippen molar-refractivity contribution in [3.05, 3.63) is 81.3 Å². The fourth-order valence-corrected chi connectivity index (χ4v) is 3.09. The number of amides is 1. The third kappa shape index (κ3) is 3.17. The minimum Gasteiger partial charge on any atom is -0.356 e. The number of H-pyrrole nitrogens is 1. The Morgan fingerprint density at radius 2 is 2.00 bits per heavy atom. The highest BCUT2D eigenvalue weighted by molar-refractivity contribution is 7.10. The van der Waals surface area contributed by atoms with Crippen molar-refractivity contribution in [3.8, 4) is 0 Å². The Morgan fingerprint density at radius 1 is 1.19 bits per heavy atom. The van der Waals surface area contributed by atoms with Gasteiger partial charge in [0.25, 0.3) is 5.91 Å². The summed E-state index contributed by atoms with van der Waals surface area (Å²) in [5.41, 5.74) is 1.50. The van der Waals surface area contributed by atoms with Crippen LogP contribution in [-0.2, 0) is 0 Å². The molecule has 3 nitrogen and oxygen atoms in total. The Balaban J connectivity index is 1.88. The van der Waals surface area contributed by atoms with Crippen LogP contribution < -0.4 is 5.32 Å². The van der Waals surface area contributed by atoms with Gasteiger partial charge in [-0.2, -0.15) is 0 Å². The van der Waals surface area contributed by atoms with E-state index < -0.39 is 0 Å². The van der Waals surface area contributed by atoms with Crippen molar-refractivity contribution in [3.63, 3.8) is 0 Å². The molecule has 0 aliphatic heterocycles. The molecule has 0 saturated heterocycles. The Hall–Kier alpha value is -2.04. The van der Waals surface area contributed by atoms with Crippen molar-refractivity contribution in [1.29, 1.82) is 0 Å². The van der Waals surface area contributed by atoms with Crippen LogP contribution >= 0.6 is 22.9 Å². The van der Waals surface area contributed by atoms with Crippen molar-refractivity contribution in [2.45, 2.75) is 6.04 Å². The molecule has 5 heteroatoms. The van der Waals surface area contributed by atoms with Gasteiger partial charge in [-0.3, -0.25) is 4.79 Å². The summed E-state index contributed by atoms with van der Waals surface area (Å²) in [6.45, 7) is 0. The minimum absolute atomic E-state index is 0.166. The molecule has 0 aliphatic rings. The van der Waals surface area contributed by atoms with Gasteiger partial charge in [-0.25, -0.2) is 0 Å². The van der Waals surface area contributed by atoms with Crippen LogP contribution in [0.2, 0.25) is 5.02 Å². The highest BCUT2D eigenvalue weighted by Gasteiger charge is 2.19. The number of hydrogen-bond donors (Lipinski definition) is 2. The average Bonchev–Trinajstić information content (AvgIpc) is 3.17. The van der Waals surface area contributed by atoms with E-state index in [2.05, 4.69) is 10.3 Å². The lowest BCUT2D eigenvalue weighted by molar-refractivity contribution is 0.0939. The summed E-state index contributed by atoms with van der Waals surface area (Å²) in [6, 6.07) is 15.4. The van der Waals surface area contributed by atoms with Crippen LogP contribution in [-0.4, -0.2) is 10.9 Å². The highest BCUT2D eigenvalue weighted by atomic mass is 35.5. The van der Waals surface area contributed by atoms with Crippen LogP contribution in [0.4, 0.5) is 0 Å². The fraction of sp³-hybridized carbons (Fsp3) is 0.0625. The number of carbonyl (C=O) groups is 1. The van der Waals surface area contributed by atoms with Gasteiger partial charge in [0.05, 0.1) is 11.1 Å². The number of carbonyl (C=O) groups excluding carboxylic acids is 1. The van der Waals surface area contributed by atoms with Gasteiger partial charge < -0.3 is 10.3 Å².